The van der Waals surface area contributed by atoms with Crippen molar-refractivity contribution in [3.8, 4) is 17.1 Å². The zero-order valence-electron chi connectivity index (χ0n) is 13.2. The first-order valence-corrected chi connectivity index (χ1v) is 7.78. The summed E-state index contributed by atoms with van der Waals surface area (Å²) in [6, 6.07) is 13.9. The number of H-pyrrole nitrogens is 1. The van der Waals surface area contributed by atoms with Gasteiger partial charge in [0.05, 0.1) is 6.21 Å². The maximum atomic E-state index is 12.2. The van der Waals surface area contributed by atoms with Crippen molar-refractivity contribution in [3.63, 3.8) is 0 Å². The molecule has 0 fully saturated rings. The third kappa shape index (κ3) is 3.97. The van der Waals surface area contributed by atoms with E-state index in [1.165, 1.54) is 16.8 Å². The first-order valence-electron chi connectivity index (χ1n) is 7.37. The summed E-state index contributed by atoms with van der Waals surface area (Å²) in [5.41, 5.74) is 2.70. The predicted octanol–water partition coefficient (Wildman–Crippen LogP) is 4.40. The van der Waals surface area contributed by atoms with Crippen LogP contribution in [0.2, 0.25) is 0 Å². The lowest BCUT2D eigenvalue weighted by atomic mass is 10.1. The molecule has 0 atom stereocenters. The van der Waals surface area contributed by atoms with Crippen LogP contribution in [-0.4, -0.2) is 27.7 Å². The van der Waals surface area contributed by atoms with Crippen molar-refractivity contribution in [2.45, 2.75) is 13.5 Å². The van der Waals surface area contributed by atoms with Gasteiger partial charge < -0.3 is 4.74 Å². The Kier molecular flexibility index (Phi) is 4.99. The fraction of sp³-hybridized carbons (Fsp3) is 0.118. The molecule has 5 nitrogen and oxygen atoms in total. The van der Waals surface area contributed by atoms with E-state index in [-0.39, 0.29) is 5.75 Å². The quantitative estimate of drug-likeness (QED) is 0.542. The molecule has 0 saturated carbocycles. The van der Waals surface area contributed by atoms with Crippen LogP contribution in [0.15, 0.2) is 53.6 Å². The molecule has 0 amide bonds. The van der Waals surface area contributed by atoms with Crippen LogP contribution in [0.4, 0.5) is 8.78 Å². The molecule has 2 aromatic carbocycles. The standard InChI is InChI=1S/C17H14F2N4OS/c1-11-4-2-3-5-13(11)10-20-23-15(21-22-17(23)25)12-6-8-14(9-7-12)24-16(18)19/h2-10,16H,1H3,(H,22,25). The molecule has 3 aromatic rings. The Morgan fingerprint density at radius 3 is 2.60 bits per heavy atom. The highest BCUT2D eigenvalue weighted by molar-refractivity contribution is 7.71. The molecule has 1 heterocycles. The Bertz CT molecular complexity index is 948. The summed E-state index contributed by atoms with van der Waals surface area (Å²) in [6.45, 7) is -0.877. The van der Waals surface area contributed by atoms with Gasteiger partial charge in [-0.05, 0) is 54.5 Å². The van der Waals surface area contributed by atoms with Gasteiger partial charge >= 0.3 is 6.61 Å². The first-order chi connectivity index (χ1) is 12.0. The Morgan fingerprint density at radius 1 is 1.20 bits per heavy atom. The van der Waals surface area contributed by atoms with Gasteiger partial charge in [0.2, 0.25) is 4.77 Å². The van der Waals surface area contributed by atoms with Crippen LogP contribution in [0.1, 0.15) is 11.1 Å². The molecule has 8 heteroatoms. The van der Waals surface area contributed by atoms with Crippen molar-refractivity contribution in [1.82, 2.24) is 14.9 Å². The highest BCUT2D eigenvalue weighted by atomic mass is 32.1. The average Bonchev–Trinajstić information content (AvgIpc) is 2.95. The lowest BCUT2D eigenvalue weighted by Crippen LogP contribution is -2.01. The van der Waals surface area contributed by atoms with E-state index in [4.69, 9.17) is 12.2 Å². The number of hydrogen-bond donors (Lipinski definition) is 1. The molecule has 0 aliphatic carbocycles. The molecular formula is C17H14F2N4OS. The number of benzene rings is 2. The molecule has 1 aromatic heterocycles. The van der Waals surface area contributed by atoms with Crippen LogP contribution < -0.4 is 4.74 Å². The van der Waals surface area contributed by atoms with Crippen LogP contribution in [-0.2, 0) is 0 Å². The maximum absolute atomic E-state index is 12.2. The predicted molar refractivity (Wildman–Crippen MR) is 93.7 cm³/mol. The normalized spacial score (nSPS) is 11.4. The summed E-state index contributed by atoms with van der Waals surface area (Å²) in [5.74, 6) is 0.543. The summed E-state index contributed by atoms with van der Waals surface area (Å²) in [6.07, 6.45) is 1.69. The second-order valence-corrected chi connectivity index (χ2v) is 5.55. The van der Waals surface area contributed by atoms with Gasteiger partial charge in [0, 0.05) is 5.56 Å². The largest absolute Gasteiger partial charge is 0.435 e. The number of halogens is 2. The monoisotopic (exact) mass is 360 g/mol. The van der Waals surface area contributed by atoms with E-state index >= 15 is 0 Å². The lowest BCUT2D eigenvalue weighted by molar-refractivity contribution is -0.0498. The van der Waals surface area contributed by atoms with Crippen molar-refractivity contribution in [2.24, 2.45) is 5.10 Å². The molecule has 1 N–H and O–H groups in total. The average molecular weight is 360 g/mol. The van der Waals surface area contributed by atoms with Crippen molar-refractivity contribution < 1.29 is 13.5 Å². The van der Waals surface area contributed by atoms with Gasteiger partial charge in [-0.3, -0.25) is 0 Å². The molecular weight excluding hydrogens is 346 g/mol. The molecule has 3 rings (SSSR count). The minimum Gasteiger partial charge on any atom is -0.435 e. The lowest BCUT2D eigenvalue weighted by Gasteiger charge is -2.05. The van der Waals surface area contributed by atoms with Crippen molar-refractivity contribution in [2.75, 3.05) is 0 Å². The molecule has 0 unspecified atom stereocenters. The second kappa shape index (κ2) is 7.35. The van der Waals surface area contributed by atoms with Gasteiger partial charge in [0.25, 0.3) is 0 Å². The van der Waals surface area contributed by atoms with E-state index in [2.05, 4.69) is 20.0 Å². The smallest absolute Gasteiger partial charge is 0.387 e. The van der Waals surface area contributed by atoms with Crippen molar-refractivity contribution in [1.29, 1.82) is 0 Å². The Balaban J connectivity index is 1.92. The number of hydrogen-bond acceptors (Lipinski definition) is 4. The van der Waals surface area contributed by atoms with Crippen LogP contribution in [0.25, 0.3) is 11.4 Å². The number of nitrogens with zero attached hydrogens (tertiary/aromatic N) is 3. The van der Waals surface area contributed by atoms with Crippen molar-refractivity contribution in [3.05, 3.63) is 64.4 Å². The third-order valence-corrected chi connectivity index (χ3v) is 3.75. The minimum absolute atomic E-state index is 0.0721. The van der Waals surface area contributed by atoms with Gasteiger partial charge in [-0.15, -0.1) is 0 Å². The Morgan fingerprint density at radius 2 is 1.92 bits per heavy atom. The van der Waals surface area contributed by atoms with Gasteiger partial charge in [0.1, 0.15) is 5.75 Å². The number of ether oxygens (including phenoxy) is 1. The molecule has 0 aliphatic heterocycles. The van der Waals surface area contributed by atoms with Gasteiger partial charge in [-0.2, -0.15) is 23.7 Å². The maximum Gasteiger partial charge on any atom is 0.387 e. The number of aromatic nitrogens is 3. The van der Waals surface area contributed by atoms with Crippen LogP contribution in [0.5, 0.6) is 5.75 Å². The van der Waals surface area contributed by atoms with Gasteiger partial charge in [0.15, 0.2) is 5.82 Å². The van der Waals surface area contributed by atoms with E-state index in [0.29, 0.717) is 16.2 Å². The van der Waals surface area contributed by atoms with Crippen LogP contribution in [0, 0.1) is 11.7 Å². The van der Waals surface area contributed by atoms with E-state index in [1.807, 2.05) is 31.2 Å². The van der Waals surface area contributed by atoms with Crippen LogP contribution in [0.3, 0.4) is 0 Å². The summed E-state index contributed by atoms with van der Waals surface area (Å²) >= 11 is 5.21. The Labute approximate surface area is 147 Å². The van der Waals surface area contributed by atoms with Gasteiger partial charge in [-0.1, -0.05) is 24.3 Å². The first kappa shape index (κ1) is 17.0. The van der Waals surface area contributed by atoms with E-state index in [1.54, 1.807) is 18.3 Å². The molecule has 128 valence electrons. The fourth-order valence-electron chi connectivity index (χ4n) is 2.22. The zero-order valence-corrected chi connectivity index (χ0v) is 14.0. The molecule has 0 spiro atoms. The Hall–Kier alpha value is -2.87. The molecule has 25 heavy (non-hydrogen) atoms. The van der Waals surface area contributed by atoms with E-state index < -0.39 is 6.61 Å². The fourth-order valence-corrected chi connectivity index (χ4v) is 2.40. The number of nitrogens with one attached hydrogen (secondary N) is 1. The highest BCUT2D eigenvalue weighted by Gasteiger charge is 2.10. The minimum atomic E-state index is -2.86. The summed E-state index contributed by atoms with van der Waals surface area (Å²) < 4.78 is 30.6. The van der Waals surface area contributed by atoms with Crippen molar-refractivity contribution >= 4 is 18.4 Å². The molecule has 0 aliphatic rings. The molecule has 0 bridgehead atoms. The van der Waals surface area contributed by atoms with Crippen LogP contribution >= 0.6 is 12.2 Å². The summed E-state index contributed by atoms with van der Waals surface area (Å²) in [5, 5.41) is 11.2. The number of rotatable bonds is 5. The summed E-state index contributed by atoms with van der Waals surface area (Å²) in [7, 11) is 0. The van der Waals surface area contributed by atoms with E-state index in [9.17, 15) is 8.78 Å². The topological polar surface area (TPSA) is 55.2 Å². The summed E-state index contributed by atoms with van der Waals surface area (Å²) in [4.78, 5) is 0. The number of aryl methyl sites for hydroxylation is 1. The third-order valence-electron chi connectivity index (χ3n) is 3.49. The number of alkyl halides is 2. The van der Waals surface area contributed by atoms with E-state index in [0.717, 1.165) is 11.1 Å². The zero-order chi connectivity index (χ0) is 17.8. The molecule has 0 saturated heterocycles. The number of aromatic amines is 1. The highest BCUT2D eigenvalue weighted by Crippen LogP contribution is 2.22. The SMILES string of the molecule is Cc1ccccc1C=Nn1c(-c2ccc(OC(F)F)cc2)n[nH]c1=S. The second-order valence-electron chi connectivity index (χ2n) is 5.17. The van der Waals surface area contributed by atoms with Gasteiger partial charge in [-0.25, -0.2) is 5.10 Å². The molecule has 0 radical (unpaired) electrons.